The van der Waals surface area contributed by atoms with Crippen LogP contribution in [-0.4, -0.2) is 29.4 Å². The molecule has 1 aromatic rings. The van der Waals surface area contributed by atoms with Crippen LogP contribution >= 0.6 is 0 Å². The van der Waals surface area contributed by atoms with Crippen molar-refractivity contribution < 1.29 is 4.74 Å². The number of hydrogen-bond acceptors (Lipinski definition) is 4. The lowest BCUT2D eigenvalue weighted by molar-refractivity contribution is 0.0735. The minimum atomic E-state index is -1.11. The molecule has 0 unspecified atom stereocenters. The number of nitrogens with zero attached hydrogens (tertiary/aromatic N) is 2. The van der Waals surface area contributed by atoms with Gasteiger partial charge in [0.1, 0.15) is 12.9 Å². The summed E-state index contributed by atoms with van der Waals surface area (Å²) >= 11 is 0. The fourth-order valence-corrected chi connectivity index (χ4v) is 1.75. The van der Waals surface area contributed by atoms with E-state index in [9.17, 15) is 9.59 Å². The first-order valence-electron chi connectivity index (χ1n) is 5.13. The Balaban J connectivity index is 2.44. The van der Waals surface area contributed by atoms with Gasteiger partial charge in [0.25, 0.3) is 5.56 Å². The molecule has 0 saturated carbocycles. The Morgan fingerprint density at radius 1 is 1.44 bits per heavy atom. The Morgan fingerprint density at radius 2 is 2.12 bits per heavy atom. The average molecular weight is 243 g/mol. The summed E-state index contributed by atoms with van der Waals surface area (Å²) in [4.78, 5) is 24.1. The molecule has 16 heavy (non-hydrogen) atoms. The molecular formula is C9H17N3O3Si. The smallest absolute Gasteiger partial charge is 0.346 e. The lowest BCUT2D eigenvalue weighted by Gasteiger charge is -2.15. The number of hydrogen-bond donors (Lipinski definition) is 1. The first-order chi connectivity index (χ1) is 7.38. The van der Waals surface area contributed by atoms with E-state index in [1.165, 1.54) is 0 Å². The third-order valence-electron chi connectivity index (χ3n) is 1.99. The van der Waals surface area contributed by atoms with Crippen LogP contribution in [0.3, 0.4) is 0 Å². The molecule has 7 heteroatoms. The normalized spacial score (nSPS) is 11.7. The lowest BCUT2D eigenvalue weighted by atomic mass is 10.8. The molecule has 0 atom stereocenters. The summed E-state index contributed by atoms with van der Waals surface area (Å²) in [5.41, 5.74) is -1.04. The van der Waals surface area contributed by atoms with Gasteiger partial charge in [-0.1, -0.05) is 19.6 Å². The van der Waals surface area contributed by atoms with Crippen molar-refractivity contribution in [2.75, 3.05) is 6.61 Å². The minimum Gasteiger partial charge on any atom is -0.359 e. The van der Waals surface area contributed by atoms with Gasteiger partial charge in [0, 0.05) is 14.7 Å². The zero-order valence-electron chi connectivity index (χ0n) is 9.82. The minimum absolute atomic E-state index is 0.0834. The molecule has 0 bridgehead atoms. The van der Waals surface area contributed by atoms with Gasteiger partial charge in [-0.15, -0.1) is 0 Å². The second-order valence-electron chi connectivity index (χ2n) is 4.79. The monoisotopic (exact) mass is 243 g/mol. The predicted molar refractivity (Wildman–Crippen MR) is 63.2 cm³/mol. The van der Waals surface area contributed by atoms with Crippen LogP contribution in [-0.2, 0) is 11.5 Å². The molecule has 90 valence electrons. The molecule has 0 aliphatic heterocycles. The van der Waals surface area contributed by atoms with Crippen molar-refractivity contribution in [2.45, 2.75) is 32.4 Å². The van der Waals surface area contributed by atoms with Gasteiger partial charge in [0.2, 0.25) is 0 Å². The van der Waals surface area contributed by atoms with Crippen LogP contribution in [0.5, 0.6) is 0 Å². The molecule has 1 heterocycles. The van der Waals surface area contributed by atoms with Crippen LogP contribution in [0.1, 0.15) is 0 Å². The summed E-state index contributed by atoms with van der Waals surface area (Å²) in [6.45, 7) is 7.45. The van der Waals surface area contributed by atoms with Crippen LogP contribution in [0.4, 0.5) is 0 Å². The van der Waals surface area contributed by atoms with E-state index in [1.54, 1.807) is 0 Å². The summed E-state index contributed by atoms with van der Waals surface area (Å²) in [7, 11) is -1.11. The van der Waals surface area contributed by atoms with Gasteiger partial charge in [-0.05, 0) is 6.04 Å². The highest BCUT2D eigenvalue weighted by atomic mass is 28.3. The van der Waals surface area contributed by atoms with Gasteiger partial charge >= 0.3 is 5.69 Å². The molecule has 1 rings (SSSR count). The third kappa shape index (κ3) is 4.54. The van der Waals surface area contributed by atoms with E-state index in [2.05, 4.69) is 29.7 Å². The fourth-order valence-electron chi connectivity index (χ4n) is 0.998. The van der Waals surface area contributed by atoms with Crippen molar-refractivity contribution in [3.8, 4) is 0 Å². The Bertz CT molecular complexity index is 446. The summed E-state index contributed by atoms with van der Waals surface area (Å²) < 4.78 is 6.42. The van der Waals surface area contributed by atoms with Crippen molar-refractivity contribution in [1.82, 2.24) is 14.8 Å². The fraction of sp³-hybridized carbons (Fsp3) is 0.667. The van der Waals surface area contributed by atoms with Crippen LogP contribution in [0.2, 0.25) is 25.7 Å². The number of rotatable bonds is 5. The van der Waals surface area contributed by atoms with Crippen LogP contribution < -0.4 is 11.2 Å². The second kappa shape index (κ2) is 5.22. The highest BCUT2D eigenvalue weighted by Crippen LogP contribution is 2.07. The summed E-state index contributed by atoms with van der Waals surface area (Å²) in [6.07, 6.45) is 1.06. The van der Waals surface area contributed by atoms with E-state index < -0.39 is 19.3 Å². The SMILES string of the molecule is C[Si](C)(C)CCOCn1ncc(=O)[nH]c1=O. The Kier molecular flexibility index (Phi) is 4.19. The van der Waals surface area contributed by atoms with Crippen molar-refractivity contribution >= 4 is 8.07 Å². The largest absolute Gasteiger partial charge is 0.359 e. The molecule has 0 spiro atoms. The average Bonchev–Trinajstić information content (AvgIpc) is 2.13. The van der Waals surface area contributed by atoms with Gasteiger partial charge in [-0.25, -0.2) is 4.79 Å². The standard InChI is InChI=1S/C9H17N3O3Si/c1-16(2,3)5-4-15-7-12-9(14)11-8(13)6-10-12/h6H,4-5,7H2,1-3H3,(H,11,13,14). The Morgan fingerprint density at radius 3 is 2.69 bits per heavy atom. The van der Waals surface area contributed by atoms with E-state index >= 15 is 0 Å². The first-order valence-corrected chi connectivity index (χ1v) is 8.83. The maximum Gasteiger partial charge on any atom is 0.346 e. The molecular weight excluding hydrogens is 226 g/mol. The van der Waals surface area contributed by atoms with Gasteiger partial charge in [-0.3, -0.25) is 9.78 Å². The van der Waals surface area contributed by atoms with Crippen molar-refractivity contribution in [1.29, 1.82) is 0 Å². The van der Waals surface area contributed by atoms with Crippen LogP contribution in [0.15, 0.2) is 15.8 Å². The van der Waals surface area contributed by atoms with Crippen LogP contribution in [0, 0.1) is 0 Å². The first kappa shape index (κ1) is 12.9. The van der Waals surface area contributed by atoms with E-state index in [1.807, 2.05) is 0 Å². The molecule has 1 aromatic heterocycles. The molecule has 0 radical (unpaired) electrons. The molecule has 1 N–H and O–H groups in total. The molecule has 6 nitrogen and oxygen atoms in total. The highest BCUT2D eigenvalue weighted by Gasteiger charge is 2.12. The van der Waals surface area contributed by atoms with E-state index in [-0.39, 0.29) is 6.73 Å². The quantitative estimate of drug-likeness (QED) is 0.594. The van der Waals surface area contributed by atoms with Crippen molar-refractivity contribution in [3.63, 3.8) is 0 Å². The molecule has 0 aliphatic carbocycles. The maximum absolute atomic E-state index is 11.2. The molecule has 0 aliphatic rings. The van der Waals surface area contributed by atoms with E-state index in [4.69, 9.17) is 4.74 Å². The maximum atomic E-state index is 11.2. The zero-order valence-corrected chi connectivity index (χ0v) is 10.8. The topological polar surface area (TPSA) is 77.0 Å². The van der Waals surface area contributed by atoms with Crippen molar-refractivity contribution in [2.24, 2.45) is 0 Å². The van der Waals surface area contributed by atoms with Gasteiger partial charge < -0.3 is 4.74 Å². The van der Waals surface area contributed by atoms with Crippen LogP contribution in [0.25, 0.3) is 0 Å². The van der Waals surface area contributed by atoms with E-state index in [0.717, 1.165) is 16.9 Å². The molecule has 0 aromatic carbocycles. The summed E-state index contributed by atoms with van der Waals surface area (Å²) in [6, 6.07) is 1.03. The zero-order chi connectivity index (χ0) is 12.2. The number of H-pyrrole nitrogens is 1. The highest BCUT2D eigenvalue weighted by molar-refractivity contribution is 6.76. The number of aromatic nitrogens is 3. The molecule has 0 amide bonds. The number of aromatic amines is 1. The number of ether oxygens (including phenoxy) is 1. The van der Waals surface area contributed by atoms with Gasteiger partial charge in [-0.2, -0.15) is 9.78 Å². The second-order valence-corrected chi connectivity index (χ2v) is 10.4. The Hall–Kier alpha value is -1.21. The summed E-state index contributed by atoms with van der Waals surface area (Å²) in [5.74, 6) is 0. The number of nitrogens with one attached hydrogen (secondary N) is 1. The predicted octanol–water partition coefficient (Wildman–Crippen LogP) is 0.244. The Labute approximate surface area is 94.3 Å². The third-order valence-corrected chi connectivity index (χ3v) is 3.69. The van der Waals surface area contributed by atoms with E-state index in [0.29, 0.717) is 6.61 Å². The molecule has 0 saturated heterocycles. The summed E-state index contributed by atoms with van der Waals surface area (Å²) in [5, 5.41) is 3.66. The molecule has 0 fully saturated rings. The van der Waals surface area contributed by atoms with Crippen molar-refractivity contribution in [3.05, 3.63) is 27.0 Å². The van der Waals surface area contributed by atoms with Gasteiger partial charge in [0.15, 0.2) is 0 Å². The van der Waals surface area contributed by atoms with Gasteiger partial charge in [0.05, 0.1) is 0 Å². The lowest BCUT2D eigenvalue weighted by Crippen LogP contribution is -2.32.